The zero-order chi connectivity index (χ0) is 21.0. The summed E-state index contributed by atoms with van der Waals surface area (Å²) in [5.74, 6) is 0.466. The van der Waals surface area contributed by atoms with Gasteiger partial charge in [-0.15, -0.1) is 0 Å². The number of thiocarbonyl (C=S) groups is 1. The third kappa shape index (κ3) is 5.20. The second-order valence-electron chi connectivity index (χ2n) is 7.58. The maximum Gasteiger partial charge on any atom is 0.270 e. The summed E-state index contributed by atoms with van der Waals surface area (Å²) in [7, 11) is 1.62. The Hall–Kier alpha value is -3.19. The van der Waals surface area contributed by atoms with Gasteiger partial charge in [-0.2, -0.15) is 0 Å². The molecule has 0 aliphatic heterocycles. The number of carbonyl (C=O) groups is 1. The highest BCUT2D eigenvalue weighted by atomic mass is 32.1. The first-order valence-corrected chi connectivity index (χ1v) is 9.60. The van der Waals surface area contributed by atoms with Crippen molar-refractivity contribution in [3.05, 3.63) is 60.2 Å². The first kappa shape index (κ1) is 20.5. The Balaban J connectivity index is 1.91. The Kier molecular flexibility index (Phi) is 5.98. The molecule has 0 aliphatic rings. The lowest BCUT2D eigenvalue weighted by atomic mass is 10.0. The van der Waals surface area contributed by atoms with Crippen molar-refractivity contribution < 1.29 is 9.53 Å². The third-order valence-corrected chi connectivity index (χ3v) is 4.33. The summed E-state index contributed by atoms with van der Waals surface area (Å²) < 4.78 is 5.22. The second-order valence-corrected chi connectivity index (χ2v) is 7.99. The molecule has 0 atom stereocenters. The van der Waals surface area contributed by atoms with Crippen molar-refractivity contribution in [3.8, 4) is 17.0 Å². The van der Waals surface area contributed by atoms with E-state index in [1.54, 1.807) is 13.2 Å². The minimum Gasteiger partial charge on any atom is -0.497 e. The van der Waals surface area contributed by atoms with Crippen LogP contribution in [0.15, 0.2) is 54.6 Å². The number of hydrogen-bond donors (Lipinski definition) is 3. The molecule has 0 radical (unpaired) electrons. The molecule has 0 spiro atoms. The van der Waals surface area contributed by atoms with E-state index in [1.165, 1.54) is 0 Å². The summed E-state index contributed by atoms with van der Waals surface area (Å²) in [4.78, 5) is 17.6. The average Bonchev–Trinajstić information content (AvgIpc) is 2.70. The first-order valence-electron chi connectivity index (χ1n) is 9.19. The van der Waals surface area contributed by atoms with Crippen LogP contribution in [-0.2, 0) is 0 Å². The molecule has 6 nitrogen and oxygen atoms in total. The van der Waals surface area contributed by atoms with Crippen LogP contribution in [0.4, 0.5) is 0 Å². The number of carbonyl (C=O) groups excluding carboxylic acids is 1. The van der Waals surface area contributed by atoms with Gasteiger partial charge in [0.25, 0.3) is 5.91 Å². The van der Waals surface area contributed by atoms with Gasteiger partial charge >= 0.3 is 0 Å². The van der Waals surface area contributed by atoms with Crippen LogP contribution in [0, 0.1) is 0 Å². The van der Waals surface area contributed by atoms with E-state index in [4.69, 9.17) is 21.9 Å². The number of nitrogens with zero attached hydrogens (tertiary/aromatic N) is 1. The van der Waals surface area contributed by atoms with Crippen LogP contribution in [0.25, 0.3) is 22.2 Å². The van der Waals surface area contributed by atoms with Gasteiger partial charge in [0.15, 0.2) is 5.11 Å². The van der Waals surface area contributed by atoms with Crippen molar-refractivity contribution >= 4 is 34.1 Å². The van der Waals surface area contributed by atoms with Gasteiger partial charge in [0, 0.05) is 16.5 Å². The summed E-state index contributed by atoms with van der Waals surface area (Å²) in [6.45, 7) is 5.96. The molecule has 1 heterocycles. The molecule has 0 aliphatic carbocycles. The number of methoxy groups -OCH3 is 1. The summed E-state index contributed by atoms with van der Waals surface area (Å²) in [6.07, 6.45) is 0. The van der Waals surface area contributed by atoms with Crippen LogP contribution in [0.2, 0.25) is 0 Å². The van der Waals surface area contributed by atoms with Crippen LogP contribution in [0.1, 0.15) is 31.1 Å². The van der Waals surface area contributed by atoms with Gasteiger partial charge in [-0.1, -0.05) is 18.2 Å². The summed E-state index contributed by atoms with van der Waals surface area (Å²) in [6, 6.07) is 16.9. The Bertz CT molecular complexity index is 1040. The number of nitrogens with one attached hydrogen (secondary N) is 3. The van der Waals surface area contributed by atoms with E-state index in [0.717, 1.165) is 22.2 Å². The molecular formula is C22H24N4O2S. The van der Waals surface area contributed by atoms with E-state index in [-0.39, 0.29) is 11.4 Å². The van der Waals surface area contributed by atoms with Crippen molar-refractivity contribution in [1.29, 1.82) is 0 Å². The largest absolute Gasteiger partial charge is 0.497 e. The highest BCUT2D eigenvalue weighted by molar-refractivity contribution is 7.80. The van der Waals surface area contributed by atoms with Crippen molar-refractivity contribution in [1.82, 2.24) is 21.2 Å². The quantitative estimate of drug-likeness (QED) is 0.452. The summed E-state index contributed by atoms with van der Waals surface area (Å²) >= 11 is 5.23. The van der Waals surface area contributed by atoms with Gasteiger partial charge in [-0.3, -0.25) is 15.6 Å². The number of benzene rings is 2. The molecule has 0 saturated carbocycles. The third-order valence-electron chi connectivity index (χ3n) is 4.12. The number of hydrogen-bond acceptors (Lipinski definition) is 4. The van der Waals surface area contributed by atoms with Crippen LogP contribution in [0.3, 0.4) is 0 Å². The van der Waals surface area contributed by atoms with E-state index in [0.29, 0.717) is 16.4 Å². The highest BCUT2D eigenvalue weighted by Gasteiger charge is 2.15. The van der Waals surface area contributed by atoms with E-state index < -0.39 is 0 Å². The normalized spacial score (nSPS) is 11.0. The molecule has 0 unspecified atom stereocenters. The van der Waals surface area contributed by atoms with Crippen LogP contribution < -0.4 is 20.9 Å². The van der Waals surface area contributed by atoms with Gasteiger partial charge < -0.3 is 10.1 Å². The smallest absolute Gasteiger partial charge is 0.270 e. The van der Waals surface area contributed by atoms with Crippen molar-refractivity contribution in [3.63, 3.8) is 0 Å². The average molecular weight is 409 g/mol. The summed E-state index contributed by atoms with van der Waals surface area (Å²) in [5.41, 5.74) is 8.06. The lowest BCUT2D eigenvalue weighted by Crippen LogP contribution is -2.52. The molecule has 1 aromatic heterocycles. The van der Waals surface area contributed by atoms with Crippen LogP contribution >= 0.6 is 12.2 Å². The number of amides is 1. The molecule has 3 rings (SSSR count). The maximum absolute atomic E-state index is 12.9. The molecule has 150 valence electrons. The van der Waals surface area contributed by atoms with E-state index in [9.17, 15) is 4.79 Å². The van der Waals surface area contributed by atoms with Gasteiger partial charge in [-0.25, -0.2) is 4.98 Å². The standard InChI is InChI=1S/C22H24N4O2S/c1-22(2,3)24-21(29)26-25-20(27)17-13-19(14-9-11-15(28-4)12-10-14)23-18-8-6-5-7-16(17)18/h5-13H,1-4H3,(H,25,27)(H2,24,26,29). The van der Waals surface area contributed by atoms with Crippen LogP contribution in [-0.4, -0.2) is 28.7 Å². The van der Waals surface area contributed by atoms with E-state index in [2.05, 4.69) is 16.2 Å². The van der Waals surface area contributed by atoms with Crippen molar-refractivity contribution in [2.45, 2.75) is 26.3 Å². The molecule has 0 bridgehead atoms. The minimum atomic E-state index is -0.295. The zero-order valence-corrected chi connectivity index (χ0v) is 17.7. The number of para-hydroxylation sites is 1. The SMILES string of the molecule is COc1ccc(-c2cc(C(=O)NNC(=S)NC(C)(C)C)c3ccccc3n2)cc1. The van der Waals surface area contributed by atoms with Gasteiger partial charge in [-0.05, 0) is 69.4 Å². The number of aromatic nitrogens is 1. The molecule has 7 heteroatoms. The first-order chi connectivity index (χ1) is 13.8. The lowest BCUT2D eigenvalue weighted by molar-refractivity contribution is 0.0945. The Morgan fingerprint density at radius 2 is 1.72 bits per heavy atom. The van der Waals surface area contributed by atoms with E-state index >= 15 is 0 Å². The predicted octanol–water partition coefficient (Wildman–Crippen LogP) is 3.82. The van der Waals surface area contributed by atoms with Crippen molar-refractivity contribution in [2.75, 3.05) is 7.11 Å². The van der Waals surface area contributed by atoms with Crippen molar-refractivity contribution in [2.24, 2.45) is 0 Å². The zero-order valence-electron chi connectivity index (χ0n) is 16.9. The van der Waals surface area contributed by atoms with E-state index in [1.807, 2.05) is 69.3 Å². The molecule has 0 fully saturated rings. The maximum atomic E-state index is 12.9. The van der Waals surface area contributed by atoms with Gasteiger partial charge in [0.05, 0.1) is 23.9 Å². The molecular weight excluding hydrogens is 384 g/mol. The fourth-order valence-corrected chi connectivity index (χ4v) is 3.18. The second kappa shape index (κ2) is 8.45. The predicted molar refractivity (Wildman–Crippen MR) is 120 cm³/mol. The number of pyridine rings is 1. The monoisotopic (exact) mass is 408 g/mol. The molecule has 3 N–H and O–H groups in total. The fraction of sp³-hybridized carbons (Fsp3) is 0.227. The number of hydrazine groups is 1. The van der Waals surface area contributed by atoms with Gasteiger partial charge in [0.1, 0.15) is 5.75 Å². The molecule has 29 heavy (non-hydrogen) atoms. The molecule has 0 saturated heterocycles. The fourth-order valence-electron chi connectivity index (χ4n) is 2.83. The summed E-state index contributed by atoms with van der Waals surface area (Å²) in [5, 5.41) is 4.20. The Morgan fingerprint density at radius 3 is 2.38 bits per heavy atom. The number of fused-ring (bicyclic) bond motifs is 1. The topological polar surface area (TPSA) is 75.3 Å². The molecule has 2 aromatic carbocycles. The number of ether oxygens (including phenoxy) is 1. The Morgan fingerprint density at radius 1 is 1.03 bits per heavy atom. The highest BCUT2D eigenvalue weighted by Crippen LogP contribution is 2.26. The molecule has 3 aromatic rings. The van der Waals surface area contributed by atoms with Crippen LogP contribution in [0.5, 0.6) is 5.75 Å². The Labute approximate surface area is 175 Å². The van der Waals surface area contributed by atoms with Gasteiger partial charge in [0.2, 0.25) is 0 Å². The molecule has 1 amide bonds. The minimum absolute atomic E-state index is 0.209. The lowest BCUT2D eigenvalue weighted by Gasteiger charge is -2.23. The number of rotatable bonds is 3.